The number of hydrogen-bond acceptors (Lipinski definition) is 0. The molecule has 0 nitrogen and oxygen atoms in total. The molecule has 1 rings (SSSR count). The van der Waals surface area contributed by atoms with Crippen molar-refractivity contribution in [3.63, 3.8) is 0 Å². The number of rotatable bonds is 0. The van der Waals surface area contributed by atoms with Crippen LogP contribution in [-0.4, -0.2) is 0 Å². The van der Waals surface area contributed by atoms with Crippen LogP contribution in [0.1, 0.15) is 9.68 Å². The fourth-order valence-corrected chi connectivity index (χ4v) is 0.743. The van der Waals surface area contributed by atoms with Crippen molar-refractivity contribution in [1.29, 1.82) is 0 Å². The number of benzene rings is 1. The van der Waals surface area contributed by atoms with Gasteiger partial charge in [0.2, 0.25) is 0 Å². The zero-order valence-corrected chi connectivity index (χ0v) is 6.07. The zero-order chi connectivity index (χ0) is 9.35. The monoisotopic (exact) mass is 191 g/mol. The smallest absolute Gasteiger partial charge is 0.137 e. The SMILES string of the molecule is [2H]C([2H])([2H])c1ccc(Br)c(F)c1. The molecule has 0 spiro atoms. The highest BCUT2D eigenvalue weighted by Crippen LogP contribution is 2.15. The fourth-order valence-electron chi connectivity index (χ4n) is 0.496. The summed E-state index contributed by atoms with van der Waals surface area (Å²) < 4.78 is 34.1. The van der Waals surface area contributed by atoms with Crippen molar-refractivity contribution in [3.8, 4) is 0 Å². The van der Waals surface area contributed by atoms with Crippen molar-refractivity contribution >= 4 is 15.9 Å². The van der Waals surface area contributed by atoms with Crippen LogP contribution in [0, 0.1) is 12.7 Å². The first-order chi connectivity index (χ1) is 5.41. The molecule has 0 saturated heterocycles. The van der Waals surface area contributed by atoms with Gasteiger partial charge in [-0.2, -0.15) is 0 Å². The van der Waals surface area contributed by atoms with E-state index in [9.17, 15) is 4.39 Å². The highest BCUT2D eigenvalue weighted by molar-refractivity contribution is 9.10. The van der Waals surface area contributed by atoms with Crippen molar-refractivity contribution in [2.24, 2.45) is 0 Å². The van der Waals surface area contributed by atoms with E-state index >= 15 is 0 Å². The molecule has 0 N–H and O–H groups in total. The lowest BCUT2D eigenvalue weighted by molar-refractivity contribution is 0.620. The van der Waals surface area contributed by atoms with E-state index in [1.807, 2.05) is 0 Å². The second-order valence-corrected chi connectivity index (χ2v) is 2.48. The van der Waals surface area contributed by atoms with Crippen molar-refractivity contribution < 1.29 is 8.50 Å². The topological polar surface area (TPSA) is 0 Å². The third-order valence-corrected chi connectivity index (χ3v) is 1.56. The van der Waals surface area contributed by atoms with Crippen molar-refractivity contribution in [2.45, 2.75) is 6.85 Å². The first-order valence-electron chi connectivity index (χ1n) is 3.87. The average Bonchev–Trinajstić information content (AvgIpc) is 1.92. The predicted octanol–water partition coefficient (Wildman–Crippen LogP) is 2.90. The van der Waals surface area contributed by atoms with Crippen LogP contribution in [0.15, 0.2) is 22.7 Å². The van der Waals surface area contributed by atoms with E-state index in [0.717, 1.165) is 6.07 Å². The minimum Gasteiger partial charge on any atom is -0.206 e. The van der Waals surface area contributed by atoms with Crippen molar-refractivity contribution in [2.75, 3.05) is 0 Å². The molecule has 1 aromatic carbocycles. The number of aryl methyl sites for hydroxylation is 1. The molecule has 0 radical (unpaired) electrons. The van der Waals surface area contributed by atoms with E-state index in [2.05, 4.69) is 15.9 Å². The second kappa shape index (κ2) is 2.48. The summed E-state index contributed by atoms with van der Waals surface area (Å²) in [5.74, 6) is -0.552. The molecule has 0 aliphatic carbocycles. The molecule has 0 atom stereocenters. The second-order valence-electron chi connectivity index (χ2n) is 1.63. The lowest BCUT2D eigenvalue weighted by atomic mass is 10.2. The minimum absolute atomic E-state index is 0.0169. The maximum Gasteiger partial charge on any atom is 0.137 e. The van der Waals surface area contributed by atoms with E-state index in [1.165, 1.54) is 12.1 Å². The van der Waals surface area contributed by atoms with Gasteiger partial charge >= 0.3 is 0 Å². The number of hydrogen-bond donors (Lipinski definition) is 0. The molecule has 0 aromatic heterocycles. The Kier molecular flexibility index (Phi) is 1.02. The maximum absolute atomic E-state index is 12.8. The Morgan fingerprint density at radius 2 is 2.44 bits per heavy atom. The van der Waals surface area contributed by atoms with E-state index < -0.39 is 12.7 Å². The van der Waals surface area contributed by atoms with Gasteiger partial charge in [0.05, 0.1) is 4.47 Å². The Morgan fingerprint density at radius 1 is 1.67 bits per heavy atom. The summed E-state index contributed by atoms with van der Waals surface area (Å²) in [7, 11) is 0. The molecular formula is C7H6BrF. The minimum atomic E-state index is -2.23. The van der Waals surface area contributed by atoms with Gasteiger partial charge in [0.25, 0.3) is 0 Å². The first-order valence-corrected chi connectivity index (χ1v) is 3.16. The van der Waals surface area contributed by atoms with Gasteiger partial charge in [-0.05, 0) is 40.5 Å². The third kappa shape index (κ3) is 1.52. The van der Waals surface area contributed by atoms with Gasteiger partial charge in [0, 0.05) is 4.11 Å². The molecule has 0 saturated carbocycles. The molecule has 9 heavy (non-hydrogen) atoms. The van der Waals surface area contributed by atoms with Crippen LogP contribution in [0.2, 0.25) is 0 Å². The molecular weight excluding hydrogens is 183 g/mol. The Balaban J connectivity index is 3.14. The molecule has 0 aliphatic rings. The van der Waals surface area contributed by atoms with E-state index in [-0.39, 0.29) is 10.0 Å². The summed E-state index contributed by atoms with van der Waals surface area (Å²) in [4.78, 5) is 0. The molecule has 1 aromatic rings. The molecule has 0 fully saturated rings. The Labute approximate surface area is 66.0 Å². The van der Waals surface area contributed by atoms with Crippen molar-refractivity contribution in [3.05, 3.63) is 34.1 Å². The van der Waals surface area contributed by atoms with Gasteiger partial charge in [-0.15, -0.1) is 0 Å². The molecule has 0 unspecified atom stereocenters. The Morgan fingerprint density at radius 3 is 3.00 bits per heavy atom. The average molecular weight is 192 g/mol. The molecule has 48 valence electrons. The Hall–Kier alpha value is -0.370. The summed E-state index contributed by atoms with van der Waals surface area (Å²) in [6.45, 7) is -2.23. The van der Waals surface area contributed by atoms with Gasteiger partial charge in [-0.1, -0.05) is 6.07 Å². The van der Waals surface area contributed by atoms with Crippen LogP contribution < -0.4 is 0 Å². The highest BCUT2D eigenvalue weighted by Gasteiger charge is 1.95. The lowest BCUT2D eigenvalue weighted by Gasteiger charge is -1.93. The van der Waals surface area contributed by atoms with Crippen LogP contribution >= 0.6 is 15.9 Å². The van der Waals surface area contributed by atoms with E-state index in [4.69, 9.17) is 4.11 Å². The highest BCUT2D eigenvalue weighted by atomic mass is 79.9. The molecule has 0 bridgehead atoms. The zero-order valence-electron chi connectivity index (χ0n) is 7.49. The summed E-state index contributed by atoms with van der Waals surface area (Å²) in [6.07, 6.45) is 0. The quantitative estimate of drug-likeness (QED) is 0.592. The molecule has 0 aliphatic heterocycles. The van der Waals surface area contributed by atoms with Crippen LogP contribution in [0.4, 0.5) is 4.39 Å². The summed E-state index contributed by atoms with van der Waals surface area (Å²) in [5, 5.41) is 0. The summed E-state index contributed by atoms with van der Waals surface area (Å²) in [5.41, 5.74) is 0.0169. The van der Waals surface area contributed by atoms with Gasteiger partial charge < -0.3 is 0 Å². The first kappa shape index (κ1) is 3.71. The summed E-state index contributed by atoms with van der Waals surface area (Å²) >= 11 is 2.94. The van der Waals surface area contributed by atoms with Gasteiger partial charge in [0.15, 0.2) is 0 Å². The lowest BCUT2D eigenvalue weighted by Crippen LogP contribution is -1.77. The van der Waals surface area contributed by atoms with Gasteiger partial charge in [-0.3, -0.25) is 0 Å². The third-order valence-electron chi connectivity index (χ3n) is 0.920. The molecule has 2 heteroatoms. The van der Waals surface area contributed by atoms with Gasteiger partial charge in [-0.25, -0.2) is 4.39 Å². The molecule has 0 heterocycles. The van der Waals surface area contributed by atoms with Crippen LogP contribution in [-0.2, 0) is 0 Å². The summed E-state index contributed by atoms with van der Waals surface area (Å²) in [6, 6.07) is 3.77. The van der Waals surface area contributed by atoms with Crippen molar-refractivity contribution in [1.82, 2.24) is 0 Å². The normalized spacial score (nSPS) is 16.0. The van der Waals surface area contributed by atoms with Gasteiger partial charge in [0.1, 0.15) is 5.82 Å². The largest absolute Gasteiger partial charge is 0.206 e. The maximum atomic E-state index is 12.8. The van der Waals surface area contributed by atoms with E-state index in [1.54, 1.807) is 0 Å². The standard InChI is InChI=1S/C7H6BrF/c1-5-2-3-6(8)7(9)4-5/h2-4H,1H3/i1D3. The van der Waals surface area contributed by atoms with Crippen LogP contribution in [0.5, 0.6) is 0 Å². The fraction of sp³-hybridized carbons (Fsp3) is 0.143. The number of halogens is 2. The predicted molar refractivity (Wildman–Crippen MR) is 38.8 cm³/mol. The molecule has 0 amide bonds. The van der Waals surface area contributed by atoms with Crippen LogP contribution in [0.3, 0.4) is 0 Å². The Bertz CT molecular complexity index is 295. The van der Waals surface area contributed by atoms with Crippen LogP contribution in [0.25, 0.3) is 0 Å². The van der Waals surface area contributed by atoms with E-state index in [0.29, 0.717) is 0 Å².